The van der Waals surface area contributed by atoms with E-state index in [1.807, 2.05) is 42.5 Å². The molecular weight excluding hydrogens is 294 g/mol. The number of hydrogen-bond acceptors (Lipinski definition) is 3. The van der Waals surface area contributed by atoms with Crippen LogP contribution in [-0.2, 0) is 13.2 Å². The van der Waals surface area contributed by atoms with Crippen LogP contribution >= 0.6 is 15.9 Å². The highest BCUT2D eigenvalue weighted by Crippen LogP contribution is 2.27. The van der Waals surface area contributed by atoms with Gasteiger partial charge in [-0.15, -0.1) is 0 Å². The average molecular weight is 308 g/mol. The zero-order valence-corrected chi connectivity index (χ0v) is 11.4. The van der Waals surface area contributed by atoms with E-state index in [2.05, 4.69) is 15.9 Å². The van der Waals surface area contributed by atoms with E-state index in [4.69, 9.17) is 15.6 Å². The van der Waals surface area contributed by atoms with Crippen molar-refractivity contribution in [2.24, 2.45) is 5.73 Å². The average Bonchev–Trinajstić information content (AvgIpc) is 2.39. The number of aliphatic hydroxyl groups is 1. The molecule has 0 aliphatic heterocycles. The molecule has 3 nitrogen and oxygen atoms in total. The predicted octanol–water partition coefficient (Wildman–Crippen LogP) is 3.19. The molecule has 0 fully saturated rings. The number of ether oxygens (including phenoxy) is 1. The first-order chi connectivity index (χ1) is 8.72. The van der Waals surface area contributed by atoms with Crippen LogP contribution < -0.4 is 10.5 Å². The molecule has 0 bridgehead atoms. The second-order valence-corrected chi connectivity index (χ2v) is 4.72. The molecule has 3 N–H and O–H groups in total. The van der Waals surface area contributed by atoms with E-state index in [1.165, 1.54) is 0 Å². The first-order valence-corrected chi connectivity index (χ1v) is 6.38. The lowest BCUT2D eigenvalue weighted by Gasteiger charge is -2.09. The third-order valence-corrected chi connectivity index (χ3v) is 3.30. The van der Waals surface area contributed by atoms with Gasteiger partial charge in [-0.25, -0.2) is 0 Å². The Kier molecular flexibility index (Phi) is 4.36. The highest BCUT2D eigenvalue weighted by molar-refractivity contribution is 9.10. The molecule has 0 amide bonds. The van der Waals surface area contributed by atoms with Gasteiger partial charge in [-0.2, -0.15) is 0 Å². The first-order valence-electron chi connectivity index (χ1n) is 5.59. The maximum Gasteiger partial charge on any atom is 0.128 e. The van der Waals surface area contributed by atoms with Crippen molar-refractivity contribution in [1.29, 1.82) is 0 Å². The molecule has 0 radical (unpaired) electrons. The van der Waals surface area contributed by atoms with Crippen molar-refractivity contribution in [3.63, 3.8) is 0 Å². The Hall–Kier alpha value is -1.36. The van der Waals surface area contributed by atoms with Crippen LogP contribution in [0.25, 0.3) is 0 Å². The third kappa shape index (κ3) is 3.10. The Morgan fingerprint density at radius 2 is 1.89 bits per heavy atom. The standard InChI is InChI=1S/C14H14BrNO2/c15-14-7-13(5-4-11(14)8-16)18-12-3-1-2-10(6-12)9-17/h1-7,17H,8-9,16H2. The summed E-state index contributed by atoms with van der Waals surface area (Å²) < 4.78 is 6.65. The number of hydrogen-bond donors (Lipinski definition) is 2. The SMILES string of the molecule is NCc1ccc(Oc2cccc(CO)c2)cc1Br. The zero-order valence-electron chi connectivity index (χ0n) is 9.77. The van der Waals surface area contributed by atoms with Gasteiger partial charge in [-0.1, -0.05) is 34.1 Å². The fourth-order valence-corrected chi connectivity index (χ4v) is 2.12. The Labute approximate surface area is 114 Å². The summed E-state index contributed by atoms with van der Waals surface area (Å²) in [6, 6.07) is 13.0. The minimum absolute atomic E-state index is 0.00695. The molecule has 0 saturated carbocycles. The van der Waals surface area contributed by atoms with Crippen molar-refractivity contribution < 1.29 is 9.84 Å². The molecule has 0 aromatic heterocycles. The maximum atomic E-state index is 9.06. The molecule has 0 aliphatic carbocycles. The first kappa shape index (κ1) is 13.1. The van der Waals surface area contributed by atoms with Crippen LogP contribution in [0.15, 0.2) is 46.9 Å². The van der Waals surface area contributed by atoms with Crippen LogP contribution in [0.5, 0.6) is 11.5 Å². The Bertz CT molecular complexity index is 543. The lowest BCUT2D eigenvalue weighted by Crippen LogP contribution is -1.97. The molecule has 0 aliphatic rings. The number of rotatable bonds is 4. The molecule has 2 aromatic carbocycles. The Morgan fingerprint density at radius 1 is 1.11 bits per heavy atom. The zero-order chi connectivity index (χ0) is 13.0. The molecule has 0 saturated heterocycles. The van der Waals surface area contributed by atoms with Crippen molar-refractivity contribution in [2.75, 3.05) is 0 Å². The topological polar surface area (TPSA) is 55.5 Å². The van der Waals surface area contributed by atoms with Gasteiger partial charge in [0.25, 0.3) is 0 Å². The summed E-state index contributed by atoms with van der Waals surface area (Å²) in [6.45, 7) is 0.494. The van der Waals surface area contributed by atoms with Gasteiger partial charge in [-0.3, -0.25) is 0 Å². The number of aliphatic hydroxyl groups excluding tert-OH is 1. The highest BCUT2D eigenvalue weighted by Gasteiger charge is 2.02. The van der Waals surface area contributed by atoms with E-state index >= 15 is 0 Å². The molecule has 0 spiro atoms. The van der Waals surface area contributed by atoms with Crippen LogP contribution in [0.4, 0.5) is 0 Å². The lowest BCUT2D eigenvalue weighted by atomic mass is 10.2. The van der Waals surface area contributed by atoms with Crippen LogP contribution in [-0.4, -0.2) is 5.11 Å². The number of nitrogens with two attached hydrogens (primary N) is 1. The van der Waals surface area contributed by atoms with Crippen LogP contribution in [0.2, 0.25) is 0 Å². The molecule has 4 heteroatoms. The van der Waals surface area contributed by atoms with Crippen molar-refractivity contribution in [2.45, 2.75) is 13.2 Å². The van der Waals surface area contributed by atoms with Crippen LogP contribution in [0, 0.1) is 0 Å². The number of benzene rings is 2. The minimum atomic E-state index is 0.00695. The lowest BCUT2D eigenvalue weighted by molar-refractivity contribution is 0.281. The van der Waals surface area contributed by atoms with E-state index in [1.54, 1.807) is 0 Å². The molecule has 2 aromatic rings. The van der Waals surface area contributed by atoms with Gasteiger partial charge in [0.05, 0.1) is 6.61 Å². The summed E-state index contributed by atoms with van der Waals surface area (Å²) in [4.78, 5) is 0. The van der Waals surface area contributed by atoms with Gasteiger partial charge in [-0.05, 0) is 35.4 Å². The van der Waals surface area contributed by atoms with Gasteiger partial charge < -0.3 is 15.6 Å². The third-order valence-electron chi connectivity index (χ3n) is 2.56. The summed E-state index contributed by atoms with van der Waals surface area (Å²) in [7, 11) is 0. The minimum Gasteiger partial charge on any atom is -0.457 e. The van der Waals surface area contributed by atoms with Gasteiger partial charge in [0.2, 0.25) is 0 Å². The molecular formula is C14H14BrNO2. The van der Waals surface area contributed by atoms with E-state index in [0.29, 0.717) is 12.3 Å². The molecule has 0 unspecified atom stereocenters. The predicted molar refractivity (Wildman–Crippen MR) is 74.5 cm³/mol. The quantitative estimate of drug-likeness (QED) is 0.912. The molecule has 0 atom stereocenters. The van der Waals surface area contributed by atoms with E-state index in [9.17, 15) is 0 Å². The fourth-order valence-electron chi connectivity index (χ4n) is 1.60. The van der Waals surface area contributed by atoms with Crippen molar-refractivity contribution in [3.05, 3.63) is 58.1 Å². The second kappa shape index (κ2) is 6.00. The summed E-state index contributed by atoms with van der Waals surface area (Å²) in [5.41, 5.74) is 7.45. The van der Waals surface area contributed by atoms with Gasteiger partial charge in [0, 0.05) is 11.0 Å². The summed E-state index contributed by atoms with van der Waals surface area (Å²) >= 11 is 3.45. The Balaban J connectivity index is 2.20. The normalized spacial score (nSPS) is 10.4. The largest absolute Gasteiger partial charge is 0.457 e. The van der Waals surface area contributed by atoms with E-state index < -0.39 is 0 Å². The van der Waals surface area contributed by atoms with E-state index in [-0.39, 0.29) is 6.61 Å². The summed E-state index contributed by atoms with van der Waals surface area (Å²) in [5, 5.41) is 9.06. The van der Waals surface area contributed by atoms with Gasteiger partial charge >= 0.3 is 0 Å². The van der Waals surface area contributed by atoms with Crippen LogP contribution in [0.1, 0.15) is 11.1 Å². The molecule has 0 heterocycles. The molecule has 94 valence electrons. The smallest absolute Gasteiger partial charge is 0.128 e. The Morgan fingerprint density at radius 3 is 2.56 bits per heavy atom. The van der Waals surface area contributed by atoms with E-state index in [0.717, 1.165) is 21.3 Å². The highest BCUT2D eigenvalue weighted by atomic mass is 79.9. The van der Waals surface area contributed by atoms with Crippen molar-refractivity contribution in [1.82, 2.24) is 0 Å². The maximum absolute atomic E-state index is 9.06. The molecule has 2 rings (SSSR count). The van der Waals surface area contributed by atoms with Crippen molar-refractivity contribution in [3.8, 4) is 11.5 Å². The summed E-state index contributed by atoms with van der Waals surface area (Å²) in [6.07, 6.45) is 0. The fraction of sp³-hybridized carbons (Fsp3) is 0.143. The number of halogens is 1. The molecule has 18 heavy (non-hydrogen) atoms. The monoisotopic (exact) mass is 307 g/mol. The van der Waals surface area contributed by atoms with Crippen molar-refractivity contribution >= 4 is 15.9 Å². The van der Waals surface area contributed by atoms with Crippen LogP contribution in [0.3, 0.4) is 0 Å². The van der Waals surface area contributed by atoms with Gasteiger partial charge in [0.15, 0.2) is 0 Å². The second-order valence-electron chi connectivity index (χ2n) is 3.86. The van der Waals surface area contributed by atoms with Gasteiger partial charge in [0.1, 0.15) is 11.5 Å². The summed E-state index contributed by atoms with van der Waals surface area (Å²) in [5.74, 6) is 1.43.